The Morgan fingerprint density at radius 3 is 2.32 bits per heavy atom. The van der Waals surface area contributed by atoms with Crippen molar-refractivity contribution < 1.29 is 24.2 Å². The number of hydrogen-bond donors (Lipinski definition) is 2. The summed E-state index contributed by atoms with van der Waals surface area (Å²) < 4.78 is 5.82. The molecule has 1 aromatic heterocycles. The zero-order chi connectivity index (χ0) is 22.2. The summed E-state index contributed by atoms with van der Waals surface area (Å²) in [5.74, 6) is -0.857. The van der Waals surface area contributed by atoms with Gasteiger partial charge in [0.05, 0.1) is 5.92 Å². The van der Waals surface area contributed by atoms with Crippen molar-refractivity contribution in [3.63, 3.8) is 0 Å². The first-order valence-corrected chi connectivity index (χ1v) is 10.7. The van der Waals surface area contributed by atoms with E-state index in [1.807, 2.05) is 0 Å². The molecule has 1 saturated carbocycles. The summed E-state index contributed by atoms with van der Waals surface area (Å²) in [4.78, 5) is 39.6. The quantitative estimate of drug-likeness (QED) is 0.444. The summed E-state index contributed by atoms with van der Waals surface area (Å²) in [5.41, 5.74) is 1.01. The zero-order valence-electron chi connectivity index (χ0n) is 17.1. The molecule has 1 aliphatic rings. The van der Waals surface area contributed by atoms with Gasteiger partial charge in [-0.25, -0.2) is 4.98 Å². The first-order valence-electron chi connectivity index (χ1n) is 10.3. The third kappa shape index (κ3) is 6.79. The van der Waals surface area contributed by atoms with E-state index in [1.54, 1.807) is 36.4 Å². The summed E-state index contributed by atoms with van der Waals surface area (Å²) >= 11 is 5.81. The number of carboxylic acids is 1. The van der Waals surface area contributed by atoms with E-state index in [0.29, 0.717) is 67.1 Å². The van der Waals surface area contributed by atoms with E-state index in [4.69, 9.17) is 21.4 Å². The molecule has 8 heteroatoms. The Morgan fingerprint density at radius 2 is 1.71 bits per heavy atom. The second kappa shape index (κ2) is 10.9. The zero-order valence-corrected chi connectivity index (χ0v) is 17.8. The molecule has 2 aromatic rings. The number of benzene rings is 1. The highest BCUT2D eigenvalue weighted by Gasteiger charge is 2.27. The van der Waals surface area contributed by atoms with Crippen LogP contribution in [0.1, 0.15) is 59.2 Å². The van der Waals surface area contributed by atoms with Crippen LogP contribution in [0.4, 0.5) is 0 Å². The average Bonchev–Trinajstić information content (AvgIpc) is 2.78. The van der Waals surface area contributed by atoms with Crippen molar-refractivity contribution in [3.8, 4) is 5.88 Å². The van der Waals surface area contributed by atoms with Crippen molar-refractivity contribution >= 4 is 29.3 Å². The Bertz CT molecular complexity index is 907. The molecule has 0 unspecified atom stereocenters. The van der Waals surface area contributed by atoms with Gasteiger partial charge in [0.25, 0.3) is 5.91 Å². The van der Waals surface area contributed by atoms with Crippen LogP contribution in [0.25, 0.3) is 0 Å². The molecular formula is C23H25ClN2O5. The van der Waals surface area contributed by atoms with E-state index < -0.39 is 5.97 Å². The number of carbonyl (C=O) groups excluding carboxylic acids is 2. The predicted octanol–water partition coefficient (Wildman–Crippen LogP) is 4.15. The third-order valence-electron chi connectivity index (χ3n) is 5.34. The van der Waals surface area contributed by atoms with Gasteiger partial charge in [-0.2, -0.15) is 0 Å². The highest BCUT2D eigenvalue weighted by molar-refractivity contribution is 6.30. The maximum absolute atomic E-state index is 12.3. The summed E-state index contributed by atoms with van der Waals surface area (Å²) in [5, 5.41) is 12.4. The average molecular weight is 445 g/mol. The number of carboxylic acid groups (broad SMARTS) is 1. The molecule has 3 rings (SSSR count). The molecule has 164 valence electrons. The number of nitrogens with one attached hydrogen (secondary N) is 1. The second-order valence-corrected chi connectivity index (χ2v) is 8.04. The van der Waals surface area contributed by atoms with Crippen LogP contribution in [0, 0.1) is 5.92 Å². The van der Waals surface area contributed by atoms with Crippen LogP contribution >= 0.6 is 11.6 Å². The number of aromatic nitrogens is 1. The van der Waals surface area contributed by atoms with Crippen LogP contribution in [-0.2, 0) is 4.79 Å². The van der Waals surface area contributed by atoms with Gasteiger partial charge in [-0.15, -0.1) is 0 Å². The van der Waals surface area contributed by atoms with Gasteiger partial charge in [0.1, 0.15) is 6.10 Å². The van der Waals surface area contributed by atoms with Crippen LogP contribution in [0.5, 0.6) is 5.88 Å². The number of hydrogen-bond acceptors (Lipinski definition) is 5. The number of Topliss-reactive ketones (excluding diaryl/α,β-unsaturated/α-hetero) is 1. The first-order chi connectivity index (χ1) is 14.9. The number of amides is 1. The smallest absolute Gasteiger partial charge is 0.306 e. The maximum Gasteiger partial charge on any atom is 0.306 e. The Labute approximate surface area is 185 Å². The summed E-state index contributed by atoms with van der Waals surface area (Å²) in [6, 6.07) is 9.95. The lowest BCUT2D eigenvalue weighted by molar-refractivity contribution is -0.143. The number of ketones is 1. The van der Waals surface area contributed by atoms with Crippen molar-refractivity contribution in [1.29, 1.82) is 0 Å². The largest absolute Gasteiger partial charge is 0.481 e. The van der Waals surface area contributed by atoms with Crippen LogP contribution in [0.2, 0.25) is 5.02 Å². The molecule has 1 fully saturated rings. The summed E-state index contributed by atoms with van der Waals surface area (Å²) in [7, 11) is 0. The van der Waals surface area contributed by atoms with E-state index in [9.17, 15) is 14.4 Å². The van der Waals surface area contributed by atoms with Crippen molar-refractivity contribution in [1.82, 2.24) is 10.3 Å². The van der Waals surface area contributed by atoms with Crippen molar-refractivity contribution in [2.24, 2.45) is 5.92 Å². The fraction of sp³-hybridized carbons (Fsp3) is 0.391. The van der Waals surface area contributed by atoms with E-state index >= 15 is 0 Å². The molecule has 7 nitrogen and oxygen atoms in total. The highest BCUT2D eigenvalue weighted by Crippen LogP contribution is 2.27. The van der Waals surface area contributed by atoms with Gasteiger partial charge in [-0.3, -0.25) is 14.4 Å². The SMILES string of the molecule is O=C(CCCNC(=O)c1ccc(Cl)cc1)c1ccc(OC2CCC(C(=O)O)CC2)nc1. The Kier molecular flexibility index (Phi) is 8.00. The maximum atomic E-state index is 12.3. The van der Waals surface area contributed by atoms with E-state index in [-0.39, 0.29) is 23.7 Å². The topological polar surface area (TPSA) is 106 Å². The van der Waals surface area contributed by atoms with Crippen molar-refractivity contribution in [3.05, 3.63) is 58.7 Å². The number of rotatable bonds is 9. The van der Waals surface area contributed by atoms with Crippen LogP contribution in [0.15, 0.2) is 42.6 Å². The third-order valence-corrected chi connectivity index (χ3v) is 5.59. The lowest BCUT2D eigenvalue weighted by atomic mass is 9.87. The molecule has 31 heavy (non-hydrogen) atoms. The molecule has 0 saturated heterocycles. The molecule has 0 atom stereocenters. The first kappa shape index (κ1) is 22.7. The molecule has 2 N–H and O–H groups in total. The fourth-order valence-electron chi connectivity index (χ4n) is 3.51. The lowest BCUT2D eigenvalue weighted by Crippen LogP contribution is -2.28. The monoisotopic (exact) mass is 444 g/mol. The van der Waals surface area contributed by atoms with Crippen molar-refractivity contribution in [2.45, 2.75) is 44.6 Å². The van der Waals surface area contributed by atoms with Gasteiger partial charge in [0, 0.05) is 41.4 Å². The number of carbonyl (C=O) groups is 3. The second-order valence-electron chi connectivity index (χ2n) is 7.60. The number of halogens is 1. The molecular weight excluding hydrogens is 420 g/mol. The van der Waals surface area contributed by atoms with Gasteiger partial charge >= 0.3 is 5.97 Å². The minimum Gasteiger partial charge on any atom is -0.481 e. The Balaban J connectivity index is 1.38. The number of ether oxygens (including phenoxy) is 1. The summed E-state index contributed by atoms with van der Waals surface area (Å²) in [6.07, 6.45) is 4.82. The molecule has 1 amide bonds. The van der Waals surface area contributed by atoms with Gasteiger partial charge < -0.3 is 15.2 Å². The van der Waals surface area contributed by atoms with E-state index in [2.05, 4.69) is 10.3 Å². The highest BCUT2D eigenvalue weighted by atomic mass is 35.5. The number of pyridine rings is 1. The fourth-order valence-corrected chi connectivity index (χ4v) is 3.64. The molecule has 0 spiro atoms. The van der Waals surface area contributed by atoms with Crippen LogP contribution < -0.4 is 10.1 Å². The molecule has 1 aromatic carbocycles. The van der Waals surface area contributed by atoms with Gasteiger partial charge in [-0.05, 0) is 62.4 Å². The number of aliphatic carboxylic acids is 1. The summed E-state index contributed by atoms with van der Waals surface area (Å²) in [6.45, 7) is 0.390. The molecule has 1 heterocycles. The standard InChI is InChI=1S/C23H25ClN2O5/c24-18-8-3-15(4-9-18)22(28)25-13-1-2-20(27)17-7-12-21(26-14-17)31-19-10-5-16(6-11-19)23(29)30/h3-4,7-9,12,14,16,19H,1-2,5-6,10-11,13H2,(H,25,28)(H,29,30). The number of nitrogens with zero attached hydrogens (tertiary/aromatic N) is 1. The van der Waals surface area contributed by atoms with Crippen LogP contribution in [-0.4, -0.2) is 40.4 Å². The van der Waals surface area contributed by atoms with E-state index in [0.717, 1.165) is 0 Å². The molecule has 0 bridgehead atoms. The minimum atomic E-state index is -0.746. The van der Waals surface area contributed by atoms with Gasteiger partial charge in [0.2, 0.25) is 5.88 Å². The van der Waals surface area contributed by atoms with Gasteiger partial charge in [0.15, 0.2) is 5.78 Å². The van der Waals surface area contributed by atoms with Crippen LogP contribution in [0.3, 0.4) is 0 Å². The Hall–Kier alpha value is -2.93. The van der Waals surface area contributed by atoms with Crippen molar-refractivity contribution in [2.75, 3.05) is 6.54 Å². The normalized spacial score (nSPS) is 18.2. The molecule has 0 aliphatic heterocycles. The molecule has 0 radical (unpaired) electrons. The van der Waals surface area contributed by atoms with Gasteiger partial charge in [-0.1, -0.05) is 11.6 Å². The predicted molar refractivity (Wildman–Crippen MR) is 116 cm³/mol. The molecule has 1 aliphatic carbocycles. The Morgan fingerprint density at radius 1 is 1.03 bits per heavy atom. The lowest BCUT2D eigenvalue weighted by Gasteiger charge is -2.26. The minimum absolute atomic E-state index is 0.0473. The van der Waals surface area contributed by atoms with E-state index in [1.165, 1.54) is 6.20 Å².